The molecule has 166 valence electrons. The molecule has 2 aliphatic rings. The van der Waals surface area contributed by atoms with Gasteiger partial charge in [-0.15, -0.1) is 0 Å². The van der Waals surface area contributed by atoms with E-state index in [2.05, 4.69) is 15.8 Å². The van der Waals surface area contributed by atoms with Crippen molar-refractivity contribution in [2.24, 2.45) is 5.41 Å². The van der Waals surface area contributed by atoms with E-state index >= 15 is 0 Å². The fourth-order valence-corrected chi connectivity index (χ4v) is 6.41. The van der Waals surface area contributed by atoms with E-state index in [0.717, 1.165) is 5.56 Å². The van der Waals surface area contributed by atoms with E-state index < -0.39 is 21.5 Å². The quantitative estimate of drug-likeness (QED) is 0.713. The normalized spacial score (nSPS) is 24.3. The summed E-state index contributed by atoms with van der Waals surface area (Å²) in [4.78, 5) is 25.5. The molecule has 0 unspecified atom stereocenters. The van der Waals surface area contributed by atoms with Gasteiger partial charge in [-0.3, -0.25) is 9.59 Å². The van der Waals surface area contributed by atoms with Crippen LogP contribution in [0.25, 0.3) is 0 Å². The predicted octanol–water partition coefficient (Wildman–Crippen LogP) is 1.27. The molecule has 1 aromatic heterocycles. The SMILES string of the molecule is Cc1noc(C)c1S(=O)(=O)N1CC[C@H]2NC(=O)CC[C@]2(C(=O)NCc2ccccc2)C1. The molecule has 3 heterocycles. The Morgan fingerprint density at radius 3 is 2.74 bits per heavy atom. The fourth-order valence-electron chi connectivity index (χ4n) is 4.59. The Balaban J connectivity index is 1.62. The summed E-state index contributed by atoms with van der Waals surface area (Å²) >= 11 is 0. The molecule has 31 heavy (non-hydrogen) atoms. The van der Waals surface area contributed by atoms with E-state index in [1.807, 2.05) is 30.3 Å². The zero-order valence-corrected chi connectivity index (χ0v) is 18.4. The van der Waals surface area contributed by atoms with Crippen molar-refractivity contribution in [3.05, 3.63) is 47.3 Å². The first-order chi connectivity index (χ1) is 14.7. The van der Waals surface area contributed by atoms with Crippen molar-refractivity contribution < 1.29 is 22.5 Å². The number of carbonyl (C=O) groups excluding carboxylic acids is 2. The molecule has 0 bridgehead atoms. The number of nitrogens with one attached hydrogen (secondary N) is 2. The van der Waals surface area contributed by atoms with Crippen LogP contribution in [0.15, 0.2) is 39.8 Å². The van der Waals surface area contributed by atoms with Crippen LogP contribution in [0.2, 0.25) is 0 Å². The molecular formula is C21H26N4O5S. The molecule has 2 atom stereocenters. The Hall–Kier alpha value is -2.72. The van der Waals surface area contributed by atoms with Gasteiger partial charge in [-0.1, -0.05) is 35.5 Å². The molecule has 0 saturated carbocycles. The van der Waals surface area contributed by atoms with E-state index in [0.29, 0.717) is 18.7 Å². The van der Waals surface area contributed by atoms with Crippen molar-refractivity contribution in [3.8, 4) is 0 Å². The average molecular weight is 447 g/mol. The molecule has 2 amide bonds. The molecule has 2 aromatic rings. The molecule has 2 fully saturated rings. The minimum Gasteiger partial charge on any atom is -0.360 e. The maximum Gasteiger partial charge on any atom is 0.248 e. The van der Waals surface area contributed by atoms with Gasteiger partial charge in [0.15, 0.2) is 5.76 Å². The van der Waals surface area contributed by atoms with E-state index in [-0.39, 0.29) is 48.4 Å². The first-order valence-electron chi connectivity index (χ1n) is 10.3. The first kappa shape index (κ1) is 21.5. The largest absolute Gasteiger partial charge is 0.360 e. The van der Waals surface area contributed by atoms with Crippen LogP contribution >= 0.6 is 0 Å². The van der Waals surface area contributed by atoms with Gasteiger partial charge in [-0.2, -0.15) is 4.31 Å². The van der Waals surface area contributed by atoms with Crippen molar-refractivity contribution in [2.45, 2.75) is 50.6 Å². The number of sulfonamides is 1. The fraction of sp³-hybridized carbons (Fsp3) is 0.476. The van der Waals surface area contributed by atoms with Crippen molar-refractivity contribution in [1.82, 2.24) is 20.1 Å². The summed E-state index contributed by atoms with van der Waals surface area (Å²) < 4.78 is 33.1. The average Bonchev–Trinajstić information content (AvgIpc) is 3.11. The molecule has 2 aliphatic heterocycles. The highest BCUT2D eigenvalue weighted by atomic mass is 32.2. The Labute approximate surface area is 181 Å². The third kappa shape index (κ3) is 3.85. The number of fused-ring (bicyclic) bond motifs is 1. The molecule has 4 rings (SSSR count). The number of nitrogens with zero attached hydrogens (tertiary/aromatic N) is 2. The van der Waals surface area contributed by atoms with Crippen LogP contribution < -0.4 is 10.6 Å². The van der Waals surface area contributed by atoms with E-state index in [9.17, 15) is 18.0 Å². The summed E-state index contributed by atoms with van der Waals surface area (Å²) in [6, 6.07) is 9.08. The molecule has 10 heteroatoms. The highest BCUT2D eigenvalue weighted by Gasteiger charge is 2.54. The van der Waals surface area contributed by atoms with Gasteiger partial charge >= 0.3 is 0 Å². The van der Waals surface area contributed by atoms with Crippen LogP contribution in [-0.2, 0) is 26.2 Å². The number of benzene rings is 1. The lowest BCUT2D eigenvalue weighted by molar-refractivity contribution is -0.142. The second-order valence-electron chi connectivity index (χ2n) is 8.23. The lowest BCUT2D eigenvalue weighted by Crippen LogP contribution is -2.66. The zero-order chi connectivity index (χ0) is 22.2. The van der Waals surface area contributed by atoms with Gasteiger partial charge in [-0.05, 0) is 32.3 Å². The summed E-state index contributed by atoms with van der Waals surface area (Å²) in [7, 11) is -3.90. The van der Waals surface area contributed by atoms with Crippen LogP contribution in [-0.4, -0.2) is 48.8 Å². The van der Waals surface area contributed by atoms with Gasteiger partial charge in [-0.25, -0.2) is 8.42 Å². The Morgan fingerprint density at radius 1 is 1.32 bits per heavy atom. The number of aromatic nitrogens is 1. The number of amides is 2. The van der Waals surface area contributed by atoms with E-state index in [1.165, 1.54) is 4.31 Å². The zero-order valence-electron chi connectivity index (χ0n) is 17.6. The molecular weight excluding hydrogens is 420 g/mol. The second-order valence-corrected chi connectivity index (χ2v) is 10.1. The lowest BCUT2D eigenvalue weighted by atomic mass is 9.70. The lowest BCUT2D eigenvalue weighted by Gasteiger charge is -2.48. The van der Waals surface area contributed by atoms with E-state index in [1.54, 1.807) is 13.8 Å². The molecule has 1 aromatic carbocycles. The standard InChI is InChI=1S/C21H26N4O5S/c1-14-19(15(2)30-24-14)31(28,29)25-11-9-17-21(13-25,10-8-18(26)23-17)20(27)22-12-16-6-4-3-5-7-16/h3-7,17H,8-13H2,1-2H3,(H,22,27)(H,23,26)/t17-,21+/m1/s1. The summed E-state index contributed by atoms with van der Waals surface area (Å²) in [5.74, 6) is -0.141. The van der Waals surface area contributed by atoms with Crippen molar-refractivity contribution in [3.63, 3.8) is 0 Å². The van der Waals surface area contributed by atoms with Crippen LogP contribution in [0.1, 0.15) is 36.3 Å². The van der Waals surface area contributed by atoms with Crippen LogP contribution in [0.3, 0.4) is 0 Å². The van der Waals surface area contributed by atoms with Crippen LogP contribution in [0, 0.1) is 19.3 Å². The van der Waals surface area contributed by atoms with Crippen LogP contribution in [0.5, 0.6) is 0 Å². The number of carbonyl (C=O) groups is 2. The topological polar surface area (TPSA) is 122 Å². The number of aryl methyl sites for hydroxylation is 2. The molecule has 0 radical (unpaired) electrons. The van der Waals surface area contributed by atoms with E-state index in [4.69, 9.17) is 4.52 Å². The van der Waals surface area contributed by atoms with Crippen LogP contribution in [0.4, 0.5) is 0 Å². The highest BCUT2D eigenvalue weighted by Crippen LogP contribution is 2.40. The molecule has 2 N–H and O–H groups in total. The molecule has 9 nitrogen and oxygen atoms in total. The van der Waals surface area contributed by atoms with Gasteiger partial charge < -0.3 is 15.2 Å². The Kier molecular flexibility index (Phi) is 5.61. The van der Waals surface area contributed by atoms with Crippen molar-refractivity contribution in [2.75, 3.05) is 13.1 Å². The minimum atomic E-state index is -3.90. The third-order valence-electron chi connectivity index (χ3n) is 6.24. The maximum absolute atomic E-state index is 13.4. The maximum atomic E-state index is 13.4. The Bertz CT molecular complexity index is 1080. The number of hydrogen-bond acceptors (Lipinski definition) is 6. The molecule has 0 aliphatic carbocycles. The third-order valence-corrected chi connectivity index (χ3v) is 8.33. The minimum absolute atomic E-state index is 0.00897. The predicted molar refractivity (Wildman–Crippen MR) is 111 cm³/mol. The molecule has 2 saturated heterocycles. The number of rotatable bonds is 5. The highest BCUT2D eigenvalue weighted by molar-refractivity contribution is 7.89. The van der Waals surface area contributed by atoms with Gasteiger partial charge in [0.05, 0.1) is 5.41 Å². The van der Waals surface area contributed by atoms with Gasteiger partial charge in [0.1, 0.15) is 10.6 Å². The smallest absolute Gasteiger partial charge is 0.248 e. The van der Waals surface area contributed by atoms with Crippen molar-refractivity contribution >= 4 is 21.8 Å². The van der Waals surface area contributed by atoms with Crippen molar-refractivity contribution in [1.29, 1.82) is 0 Å². The van der Waals surface area contributed by atoms with Gasteiger partial charge in [0.2, 0.25) is 21.8 Å². The second kappa shape index (κ2) is 8.08. The monoisotopic (exact) mass is 446 g/mol. The van der Waals surface area contributed by atoms with Gasteiger partial charge in [0.25, 0.3) is 0 Å². The summed E-state index contributed by atoms with van der Waals surface area (Å²) in [6.07, 6.45) is 0.819. The number of piperidine rings is 2. The Morgan fingerprint density at radius 2 is 2.06 bits per heavy atom. The van der Waals surface area contributed by atoms with Gasteiger partial charge in [0, 0.05) is 32.1 Å². The summed E-state index contributed by atoms with van der Waals surface area (Å²) in [5, 5.41) is 9.64. The summed E-state index contributed by atoms with van der Waals surface area (Å²) in [6.45, 7) is 3.66. The summed E-state index contributed by atoms with van der Waals surface area (Å²) in [5.41, 5.74) is 0.200. The molecule has 0 spiro atoms. The first-order valence-corrected chi connectivity index (χ1v) is 11.7. The number of hydrogen-bond donors (Lipinski definition) is 2.